The number of hydrogen-bond donors (Lipinski definition) is 2. The van der Waals surface area contributed by atoms with Crippen LogP contribution in [-0.2, 0) is 9.59 Å². The van der Waals surface area contributed by atoms with Crippen LogP contribution in [0.3, 0.4) is 0 Å². The number of nitrogens with zero attached hydrogens (tertiary/aromatic N) is 1. The maximum absolute atomic E-state index is 12.6. The van der Waals surface area contributed by atoms with Crippen LogP contribution in [0.4, 0.5) is 11.4 Å². The molecule has 5 heteroatoms. The number of carbonyl (C=O) groups excluding carboxylic acids is 2. The monoisotopic (exact) mass is 345 g/mol. The minimum atomic E-state index is -0.867. The van der Waals surface area contributed by atoms with E-state index < -0.39 is 5.41 Å². The molecular weight excluding hydrogens is 314 g/mol. The van der Waals surface area contributed by atoms with Crippen LogP contribution in [0.2, 0.25) is 0 Å². The minimum Gasteiger partial charge on any atom is -0.372 e. The second-order valence-corrected chi connectivity index (χ2v) is 7.19. The molecule has 0 radical (unpaired) electrons. The third kappa shape index (κ3) is 4.74. The summed E-state index contributed by atoms with van der Waals surface area (Å²) < 4.78 is 0. The molecule has 0 atom stereocenters. The molecule has 1 fully saturated rings. The van der Waals surface area contributed by atoms with Crippen molar-refractivity contribution in [2.75, 3.05) is 29.9 Å². The molecule has 0 aromatic heterocycles. The van der Waals surface area contributed by atoms with Crippen LogP contribution in [0.5, 0.6) is 0 Å². The molecule has 0 unspecified atom stereocenters. The molecular formula is C20H31N3O2. The molecule has 1 aliphatic rings. The molecule has 0 saturated heterocycles. The van der Waals surface area contributed by atoms with E-state index in [1.54, 1.807) is 0 Å². The lowest BCUT2D eigenvalue weighted by molar-refractivity contribution is -0.134. The lowest BCUT2D eigenvalue weighted by atomic mass is 10.0. The number of rotatable bonds is 9. The number of amides is 2. The first-order valence-corrected chi connectivity index (χ1v) is 9.37. The van der Waals surface area contributed by atoms with Crippen LogP contribution in [-0.4, -0.2) is 31.4 Å². The van der Waals surface area contributed by atoms with E-state index in [0.29, 0.717) is 25.3 Å². The molecule has 0 bridgehead atoms. The van der Waals surface area contributed by atoms with Gasteiger partial charge in [-0.3, -0.25) is 9.59 Å². The topological polar surface area (TPSA) is 61.4 Å². The molecule has 1 aromatic carbocycles. The van der Waals surface area contributed by atoms with Crippen molar-refractivity contribution in [3.05, 3.63) is 24.3 Å². The molecule has 0 heterocycles. The van der Waals surface area contributed by atoms with E-state index in [0.717, 1.165) is 30.9 Å². The van der Waals surface area contributed by atoms with Gasteiger partial charge in [0.05, 0.1) is 0 Å². The highest BCUT2D eigenvalue weighted by Crippen LogP contribution is 2.46. The van der Waals surface area contributed by atoms with Gasteiger partial charge in [-0.25, -0.2) is 0 Å². The smallest absolute Gasteiger partial charge is 0.240 e. The number of nitrogens with one attached hydrogen (secondary N) is 2. The van der Waals surface area contributed by atoms with E-state index in [2.05, 4.69) is 43.2 Å². The fourth-order valence-electron chi connectivity index (χ4n) is 2.92. The maximum atomic E-state index is 12.6. The van der Waals surface area contributed by atoms with E-state index in [1.165, 1.54) is 0 Å². The van der Waals surface area contributed by atoms with Crippen LogP contribution in [0.15, 0.2) is 24.3 Å². The van der Waals surface area contributed by atoms with Crippen LogP contribution in [0.1, 0.15) is 47.0 Å². The maximum Gasteiger partial charge on any atom is 0.240 e. The highest BCUT2D eigenvalue weighted by Gasteiger charge is 2.56. The summed E-state index contributed by atoms with van der Waals surface area (Å²) in [5, 5.41) is 5.82. The zero-order valence-corrected chi connectivity index (χ0v) is 15.9. The Kier molecular flexibility index (Phi) is 6.45. The Morgan fingerprint density at radius 3 is 2.16 bits per heavy atom. The van der Waals surface area contributed by atoms with Gasteiger partial charge in [0.25, 0.3) is 0 Å². The predicted molar refractivity (Wildman–Crippen MR) is 103 cm³/mol. The van der Waals surface area contributed by atoms with E-state index in [9.17, 15) is 9.59 Å². The molecule has 1 aliphatic carbocycles. The molecule has 5 nitrogen and oxygen atoms in total. The van der Waals surface area contributed by atoms with Gasteiger partial charge in [-0.1, -0.05) is 13.8 Å². The van der Waals surface area contributed by atoms with Crippen LogP contribution >= 0.6 is 0 Å². The molecule has 0 spiro atoms. The number of anilines is 2. The molecule has 1 saturated carbocycles. The van der Waals surface area contributed by atoms with Gasteiger partial charge in [0.2, 0.25) is 11.8 Å². The predicted octanol–water partition coefficient (Wildman–Crippen LogP) is 3.41. The fraction of sp³-hybridized carbons (Fsp3) is 0.600. The second-order valence-electron chi connectivity index (χ2n) is 7.19. The molecule has 1 aromatic rings. The standard InChI is InChI=1S/C20H31N3O2/c1-5-23(6-2)17-9-7-16(8-10-17)22-19(25)20(12-13-20)18(24)21-14-11-15(3)4/h7-10,15H,5-6,11-14H2,1-4H3,(H,21,24)(H,22,25). The molecule has 2 rings (SSSR count). The van der Waals surface area contributed by atoms with Gasteiger partial charge in [-0.15, -0.1) is 0 Å². The van der Waals surface area contributed by atoms with Crippen molar-refractivity contribution in [1.29, 1.82) is 0 Å². The third-order valence-electron chi connectivity index (χ3n) is 4.88. The summed E-state index contributed by atoms with van der Waals surface area (Å²) in [5.74, 6) is 0.212. The largest absolute Gasteiger partial charge is 0.372 e. The van der Waals surface area contributed by atoms with Gasteiger partial charge >= 0.3 is 0 Å². The van der Waals surface area contributed by atoms with Gasteiger partial charge in [0.15, 0.2) is 0 Å². The highest BCUT2D eigenvalue weighted by atomic mass is 16.2. The van der Waals surface area contributed by atoms with Crippen LogP contribution in [0.25, 0.3) is 0 Å². The van der Waals surface area contributed by atoms with Crippen molar-refractivity contribution >= 4 is 23.2 Å². The summed E-state index contributed by atoms with van der Waals surface area (Å²) >= 11 is 0. The number of hydrogen-bond acceptors (Lipinski definition) is 3. The summed E-state index contributed by atoms with van der Waals surface area (Å²) in [7, 11) is 0. The van der Waals surface area contributed by atoms with Gasteiger partial charge < -0.3 is 15.5 Å². The number of benzene rings is 1. The zero-order valence-electron chi connectivity index (χ0n) is 15.9. The van der Waals surface area contributed by atoms with Crippen molar-refractivity contribution in [3.63, 3.8) is 0 Å². The van der Waals surface area contributed by atoms with Crippen molar-refractivity contribution in [3.8, 4) is 0 Å². The summed E-state index contributed by atoms with van der Waals surface area (Å²) in [6, 6.07) is 7.81. The Bertz CT molecular complexity index is 587. The fourth-order valence-corrected chi connectivity index (χ4v) is 2.92. The molecule has 0 aliphatic heterocycles. The minimum absolute atomic E-state index is 0.134. The van der Waals surface area contributed by atoms with Crippen molar-refractivity contribution in [1.82, 2.24) is 5.32 Å². The Balaban J connectivity index is 1.93. The first-order chi connectivity index (χ1) is 11.9. The molecule has 2 amide bonds. The van der Waals surface area contributed by atoms with E-state index in [-0.39, 0.29) is 11.8 Å². The lowest BCUT2D eigenvalue weighted by Gasteiger charge is -2.21. The average molecular weight is 345 g/mol. The highest BCUT2D eigenvalue weighted by molar-refractivity contribution is 6.13. The molecule has 25 heavy (non-hydrogen) atoms. The Morgan fingerprint density at radius 1 is 1.08 bits per heavy atom. The van der Waals surface area contributed by atoms with E-state index in [1.807, 2.05) is 24.3 Å². The zero-order chi connectivity index (χ0) is 18.4. The summed E-state index contributed by atoms with van der Waals surface area (Å²) in [4.78, 5) is 27.2. The summed E-state index contributed by atoms with van der Waals surface area (Å²) in [6.07, 6.45) is 2.18. The lowest BCUT2D eigenvalue weighted by Crippen LogP contribution is -2.40. The Hall–Kier alpha value is -2.04. The first-order valence-electron chi connectivity index (χ1n) is 9.37. The Morgan fingerprint density at radius 2 is 1.68 bits per heavy atom. The van der Waals surface area contributed by atoms with Gasteiger partial charge in [-0.05, 0) is 63.3 Å². The molecule has 138 valence electrons. The van der Waals surface area contributed by atoms with Crippen molar-refractivity contribution < 1.29 is 9.59 Å². The normalized spacial score (nSPS) is 14.9. The molecule has 2 N–H and O–H groups in total. The summed E-state index contributed by atoms with van der Waals surface area (Å²) in [6.45, 7) is 11.0. The first kappa shape index (κ1) is 19.3. The quantitative estimate of drug-likeness (QED) is 0.674. The van der Waals surface area contributed by atoms with Crippen LogP contribution < -0.4 is 15.5 Å². The van der Waals surface area contributed by atoms with Crippen LogP contribution in [0, 0.1) is 11.3 Å². The Labute approximate surface area is 151 Å². The van der Waals surface area contributed by atoms with Crippen molar-refractivity contribution in [2.24, 2.45) is 11.3 Å². The van der Waals surface area contributed by atoms with E-state index in [4.69, 9.17) is 0 Å². The number of carbonyl (C=O) groups is 2. The second kappa shape index (κ2) is 8.37. The SMILES string of the molecule is CCN(CC)c1ccc(NC(=O)C2(C(=O)NCCC(C)C)CC2)cc1. The average Bonchev–Trinajstić information content (AvgIpc) is 3.39. The van der Waals surface area contributed by atoms with Gasteiger partial charge in [0, 0.05) is 31.0 Å². The summed E-state index contributed by atoms with van der Waals surface area (Å²) in [5.41, 5.74) is 1.01. The van der Waals surface area contributed by atoms with Gasteiger partial charge in [-0.2, -0.15) is 0 Å². The van der Waals surface area contributed by atoms with Gasteiger partial charge in [0.1, 0.15) is 5.41 Å². The van der Waals surface area contributed by atoms with E-state index >= 15 is 0 Å². The van der Waals surface area contributed by atoms with Crippen molar-refractivity contribution in [2.45, 2.75) is 47.0 Å². The third-order valence-corrected chi connectivity index (χ3v) is 4.88.